The first-order valence-electron chi connectivity index (χ1n) is 47.7. The van der Waals surface area contributed by atoms with Crippen LogP contribution in [0.3, 0.4) is 0 Å². The van der Waals surface area contributed by atoms with Gasteiger partial charge in [0, 0.05) is 55.9 Å². The minimum atomic E-state index is -0.667. The van der Waals surface area contributed by atoms with Crippen LogP contribution in [0.2, 0.25) is 0 Å². The Balaban J connectivity index is 0.000000290. The molecule has 4 aromatic carbocycles. The third-order valence-corrected chi connectivity index (χ3v) is 24.3. The number of aromatic nitrogens is 15. The third kappa shape index (κ3) is 42.5. The molecule has 10 aromatic rings. The van der Waals surface area contributed by atoms with Crippen LogP contribution in [0.4, 0.5) is 10.7 Å². The number of pyridine rings is 1. The Bertz CT molecular complexity index is 5510. The highest BCUT2D eigenvalue weighted by Crippen LogP contribution is 2.30. The first-order chi connectivity index (χ1) is 65.0. The largest absolute Gasteiger partial charge is 0.462 e. The lowest BCUT2D eigenvalue weighted by molar-refractivity contribution is -0.688. The Hall–Kier alpha value is -12.7. The summed E-state index contributed by atoms with van der Waals surface area (Å²) in [5.41, 5.74) is 17.0. The number of primary amides is 1. The summed E-state index contributed by atoms with van der Waals surface area (Å²) in [6.45, 7) is 64.4. The molecule has 140 heavy (non-hydrogen) atoms. The van der Waals surface area contributed by atoms with Gasteiger partial charge in [0.15, 0.2) is 24.8 Å². The molecule has 0 saturated carbocycles. The molecule has 1 aliphatic rings. The second-order valence-electron chi connectivity index (χ2n) is 43.3. The molecule has 0 bridgehead atoms. The van der Waals surface area contributed by atoms with Crippen molar-refractivity contribution in [2.45, 2.75) is 282 Å². The van der Waals surface area contributed by atoms with Crippen LogP contribution in [0.15, 0.2) is 178 Å². The maximum Gasteiger partial charge on any atom is 0.439 e. The van der Waals surface area contributed by atoms with E-state index in [4.69, 9.17) is 44.6 Å². The molecule has 34 heteroatoms. The summed E-state index contributed by atoms with van der Waals surface area (Å²) in [7, 11) is 8.11. The van der Waals surface area contributed by atoms with E-state index in [2.05, 4.69) is 145 Å². The number of hydrogen-bond donors (Lipinski definition) is 3. The van der Waals surface area contributed by atoms with Gasteiger partial charge in [0.1, 0.15) is 106 Å². The number of tetrazole rings is 2. The van der Waals surface area contributed by atoms with Crippen molar-refractivity contribution in [3.63, 3.8) is 0 Å². The Morgan fingerprint density at radius 1 is 0.429 bits per heavy atom. The number of amides is 1. The van der Waals surface area contributed by atoms with E-state index in [9.17, 15) is 38.4 Å². The quantitative estimate of drug-likeness (QED) is 0.0196. The van der Waals surface area contributed by atoms with E-state index in [1.807, 2.05) is 289 Å². The summed E-state index contributed by atoms with van der Waals surface area (Å²) in [5, 5.41) is 23.0. The number of ether oxygens (including phenoxy) is 7. The number of nitrogens with two attached hydrogens (primary N) is 2. The summed E-state index contributed by atoms with van der Waals surface area (Å²) in [5.74, 6) is -1.70. The number of hydrogen-bond acceptors (Lipinski definition) is 24. The molecule has 5 N–H and O–H groups in total. The smallest absolute Gasteiger partial charge is 0.439 e. The van der Waals surface area contributed by atoms with E-state index in [1.165, 1.54) is 0 Å². The molecule has 0 radical (unpaired) electrons. The number of piperazine rings is 1. The van der Waals surface area contributed by atoms with E-state index < -0.39 is 12.0 Å². The molecule has 1 fully saturated rings. The zero-order chi connectivity index (χ0) is 105. The highest BCUT2D eigenvalue weighted by atomic mass is 16.6. The third-order valence-electron chi connectivity index (χ3n) is 24.3. The van der Waals surface area contributed by atoms with Gasteiger partial charge in [-0.2, -0.15) is 5.21 Å². The fourth-order valence-corrected chi connectivity index (χ4v) is 11.7. The number of aromatic amines is 1. The number of anilines is 1. The number of esters is 6. The summed E-state index contributed by atoms with van der Waals surface area (Å²) in [6.07, 6.45) is 21.3. The first-order valence-corrected chi connectivity index (χ1v) is 47.7. The molecular formula is C106H161N19O15+4. The van der Waals surface area contributed by atoms with Crippen LogP contribution in [0.25, 0.3) is 0 Å². The molecular weight excluding hydrogens is 1780 g/mol. The number of aryl methyl sites for hydroxylation is 3. The van der Waals surface area contributed by atoms with Gasteiger partial charge in [-0.15, -0.1) is 14.9 Å². The van der Waals surface area contributed by atoms with Crippen molar-refractivity contribution in [2.75, 3.05) is 45.5 Å². The van der Waals surface area contributed by atoms with Crippen molar-refractivity contribution in [2.24, 2.45) is 64.8 Å². The number of carbonyl (C=O) groups is 8. The van der Waals surface area contributed by atoms with E-state index >= 15 is 0 Å². The standard InChI is InChI=1S/C20H24N2O3.3C18H25N2O2.C15H30N2O2.C9H16N4O2.C8H15N5O2/c1-14(20(2,3)4)25-19(24)17-8-6-5-7-16(17)13-22-11-9-15(10-12-22)18(21)23;1-14(18(2,3)4)22-17(21)16-8-6-15(7-9-16)12-20-11-10-19(5)13-20;1-14(18(2,3)4)22-17(21)16-8-6-7-15(11-16)12-20-10-9-19(5)13-20;1-14(18(2,3)4)22-17(21)16-9-7-6-8-15(16)12-20-11-10-19(5)13-20;1-13(15(2,3)4)19-14(18)7-6-8-17-11-9-16(5)10-12-17;1-6(9(2,3)4)15-8(14)5-7-10-12-13-11-7;1-5(8(2,3)4)15-7(14)13-6(9)10-11-12-13/h5-12,14H,13H2,1-4H3,(H-,21,23);3*6-11,13-14H,12H2,1-5H3;13H,6-12H2,1-5H3;6H,5H2,1-4H3,(H,10,11,12,13);5H,1-4H3,(H2,9,10,12)/q;3*+1;;;/p+1/t4*14-;13-;6-;5-/m1111111/s1. The van der Waals surface area contributed by atoms with Crippen molar-refractivity contribution in [3.05, 3.63) is 234 Å². The van der Waals surface area contributed by atoms with Gasteiger partial charge in [0.25, 0.3) is 5.95 Å². The molecule has 7 atom stereocenters. The summed E-state index contributed by atoms with van der Waals surface area (Å²) in [6, 6.07) is 33.5. The molecule has 34 nitrogen and oxygen atoms in total. The van der Waals surface area contributed by atoms with Gasteiger partial charge in [0.2, 0.25) is 24.9 Å². The molecule has 7 heterocycles. The highest BCUT2D eigenvalue weighted by Gasteiger charge is 2.33. The van der Waals surface area contributed by atoms with Crippen LogP contribution in [0.5, 0.6) is 0 Å². The average molecular weight is 1940 g/mol. The number of carbonyl (C=O) groups excluding carboxylic acids is 8. The SMILES string of the molecule is C[C@@H](OC(=O)CCCN1CCN(C)CC1)C(C)(C)C.C[C@@H](OC(=O)Cc1nn[nH]n1)C(C)(C)C.C[C@@H](OC(=O)c1ccc(Cn2cc[n+](C)c2)cc1)C(C)(C)C.C[C@@H](OC(=O)c1cccc(Cn2cc[n+](C)c2)c1)C(C)(C)C.C[C@@H](OC(=O)c1ccccc1C[n+]1ccc(C(N)=O)cc1)C(C)(C)C.C[C@@H](OC(=O)c1ccccc1Cn1cc[n+](C)c1)C(C)(C)C.C[C@@H](OC(=O)n1nnnc1N)C(C)(C)C. The van der Waals surface area contributed by atoms with Crippen molar-refractivity contribution in [1.29, 1.82) is 0 Å². The number of rotatable bonds is 26. The van der Waals surface area contributed by atoms with E-state index in [1.54, 1.807) is 43.6 Å². The van der Waals surface area contributed by atoms with Crippen molar-refractivity contribution >= 4 is 53.8 Å². The number of nitrogens with one attached hydrogen (secondary N) is 1. The molecule has 1 aliphatic heterocycles. The number of likely N-dealkylation sites (N-methyl/N-ethyl adjacent to an activating group) is 1. The van der Waals surface area contributed by atoms with Crippen LogP contribution in [0.1, 0.15) is 287 Å². The Kier molecular flexibility index (Phi) is 45.1. The maximum absolute atomic E-state index is 12.6. The van der Waals surface area contributed by atoms with Crippen molar-refractivity contribution in [3.8, 4) is 0 Å². The van der Waals surface area contributed by atoms with Gasteiger partial charge in [0.05, 0.1) is 49.0 Å². The lowest BCUT2D eigenvalue weighted by atomic mass is 9.90. The number of imidazole rings is 3. The zero-order valence-corrected chi connectivity index (χ0v) is 89.2. The molecule has 0 spiro atoms. The molecule has 0 unspecified atom stereocenters. The van der Waals surface area contributed by atoms with Gasteiger partial charge in [-0.05, 0) is 164 Å². The van der Waals surface area contributed by atoms with Gasteiger partial charge in [-0.3, -0.25) is 14.4 Å². The molecule has 11 rings (SSSR count). The fraction of sp³-hybridized carbons (Fsp3) is 0.547. The van der Waals surface area contributed by atoms with E-state index in [0.29, 0.717) is 53.2 Å². The van der Waals surface area contributed by atoms with Crippen LogP contribution < -0.4 is 29.7 Å². The van der Waals surface area contributed by atoms with Gasteiger partial charge >= 0.3 is 41.9 Å². The lowest BCUT2D eigenvalue weighted by Gasteiger charge is -2.32. The normalized spacial score (nSPS) is 14.0. The number of H-pyrrole nitrogens is 1. The first kappa shape index (κ1) is 118. The summed E-state index contributed by atoms with van der Waals surface area (Å²) in [4.78, 5) is 100. The predicted molar refractivity (Wildman–Crippen MR) is 536 cm³/mol. The minimum Gasteiger partial charge on any atom is -0.462 e. The van der Waals surface area contributed by atoms with Gasteiger partial charge in [-0.25, -0.2) is 55.9 Å². The summed E-state index contributed by atoms with van der Waals surface area (Å²) >= 11 is 0. The number of nitrogen functional groups attached to an aromatic ring is 1. The fourth-order valence-electron chi connectivity index (χ4n) is 11.7. The van der Waals surface area contributed by atoms with Gasteiger partial charge < -0.3 is 54.4 Å². The van der Waals surface area contributed by atoms with Crippen LogP contribution in [0, 0.1) is 37.9 Å². The Morgan fingerprint density at radius 3 is 1.26 bits per heavy atom. The second-order valence-corrected chi connectivity index (χ2v) is 43.3. The molecule has 0 aliphatic carbocycles. The van der Waals surface area contributed by atoms with E-state index in [-0.39, 0.29) is 129 Å². The lowest BCUT2D eigenvalue weighted by Crippen LogP contribution is -2.44. The van der Waals surface area contributed by atoms with Crippen LogP contribution in [-0.4, -0.2) is 195 Å². The second kappa shape index (κ2) is 53.6. The Morgan fingerprint density at radius 2 is 0.836 bits per heavy atom. The Labute approximate surface area is 829 Å². The minimum absolute atomic E-state index is 0.0209. The van der Waals surface area contributed by atoms with Crippen LogP contribution in [-0.2, 0) is 96.5 Å². The molecule has 1 amide bonds. The molecule has 766 valence electrons. The molecule has 1 saturated heterocycles. The maximum atomic E-state index is 12.6. The predicted octanol–water partition coefficient (Wildman–Crippen LogP) is 15.0. The van der Waals surface area contributed by atoms with Crippen molar-refractivity contribution < 1.29 is 89.8 Å². The topological polar surface area (TPSA) is 388 Å². The van der Waals surface area contributed by atoms with E-state index in [0.717, 1.165) is 79.2 Å². The number of benzene rings is 4. The van der Waals surface area contributed by atoms with Crippen LogP contribution >= 0.6 is 0 Å². The average Bonchev–Trinajstić information content (AvgIpc) is 1.51. The summed E-state index contributed by atoms with van der Waals surface area (Å²) < 4.78 is 53.0. The number of nitrogens with zero attached hydrogens (tertiary/aromatic N) is 16. The molecule has 6 aromatic heterocycles. The monoisotopic (exact) mass is 1940 g/mol. The van der Waals surface area contributed by atoms with Crippen molar-refractivity contribution in [1.82, 2.24) is 64.3 Å². The zero-order valence-electron chi connectivity index (χ0n) is 89.2. The highest BCUT2D eigenvalue weighted by molar-refractivity contribution is 5.93. The van der Waals surface area contributed by atoms with Gasteiger partial charge in [-0.1, -0.05) is 216 Å².